The molecule has 0 aliphatic carbocycles. The number of nitrogens with two attached hydrogens (primary N) is 1. The summed E-state index contributed by atoms with van der Waals surface area (Å²) in [7, 11) is 0. The summed E-state index contributed by atoms with van der Waals surface area (Å²) < 4.78 is 5.50. The van der Waals surface area contributed by atoms with Gasteiger partial charge in [0.1, 0.15) is 0 Å². The minimum Gasteiger partial charge on any atom is -0.399 e. The van der Waals surface area contributed by atoms with Crippen LogP contribution >= 0.6 is 0 Å². The van der Waals surface area contributed by atoms with Crippen LogP contribution in [-0.4, -0.2) is 25.3 Å². The van der Waals surface area contributed by atoms with Crippen LogP contribution in [0.1, 0.15) is 32.8 Å². The predicted molar refractivity (Wildman–Crippen MR) is 77.7 cm³/mol. The number of rotatable bonds is 8. The van der Waals surface area contributed by atoms with E-state index in [9.17, 15) is 0 Å². The van der Waals surface area contributed by atoms with Crippen molar-refractivity contribution in [2.24, 2.45) is 0 Å². The SMILES string of the molecule is CC(Cc1ccc(N)cc1)NCCCOC(C)C. The van der Waals surface area contributed by atoms with Gasteiger partial charge in [-0.05, 0) is 57.9 Å². The van der Waals surface area contributed by atoms with Crippen molar-refractivity contribution in [2.45, 2.75) is 45.8 Å². The van der Waals surface area contributed by atoms with Crippen molar-refractivity contribution < 1.29 is 4.74 Å². The lowest BCUT2D eigenvalue weighted by atomic mass is 10.1. The Morgan fingerprint density at radius 3 is 2.44 bits per heavy atom. The summed E-state index contributed by atoms with van der Waals surface area (Å²) in [5.74, 6) is 0. The summed E-state index contributed by atoms with van der Waals surface area (Å²) in [5, 5.41) is 3.51. The van der Waals surface area contributed by atoms with Crippen LogP contribution in [0.15, 0.2) is 24.3 Å². The van der Waals surface area contributed by atoms with Crippen molar-refractivity contribution in [3.05, 3.63) is 29.8 Å². The number of nitrogen functional groups attached to an aromatic ring is 1. The van der Waals surface area contributed by atoms with Gasteiger partial charge in [0, 0.05) is 18.3 Å². The van der Waals surface area contributed by atoms with E-state index in [1.54, 1.807) is 0 Å². The normalized spacial score (nSPS) is 12.9. The van der Waals surface area contributed by atoms with E-state index in [0.717, 1.165) is 31.7 Å². The molecule has 0 heterocycles. The fourth-order valence-corrected chi connectivity index (χ4v) is 1.82. The fraction of sp³-hybridized carbons (Fsp3) is 0.600. The van der Waals surface area contributed by atoms with Crippen molar-refractivity contribution in [3.8, 4) is 0 Å². The van der Waals surface area contributed by atoms with E-state index in [0.29, 0.717) is 12.1 Å². The van der Waals surface area contributed by atoms with E-state index in [1.165, 1.54) is 5.56 Å². The maximum Gasteiger partial charge on any atom is 0.0518 e. The van der Waals surface area contributed by atoms with Gasteiger partial charge in [0.05, 0.1) is 6.10 Å². The Bertz CT molecular complexity index is 322. The van der Waals surface area contributed by atoms with Gasteiger partial charge in [-0.15, -0.1) is 0 Å². The molecule has 0 saturated heterocycles. The highest BCUT2D eigenvalue weighted by Gasteiger charge is 2.02. The highest BCUT2D eigenvalue weighted by Crippen LogP contribution is 2.07. The summed E-state index contributed by atoms with van der Waals surface area (Å²) in [6, 6.07) is 8.58. The maximum atomic E-state index is 5.67. The molecule has 1 aromatic carbocycles. The summed E-state index contributed by atoms with van der Waals surface area (Å²) in [4.78, 5) is 0. The van der Waals surface area contributed by atoms with E-state index in [4.69, 9.17) is 10.5 Å². The molecule has 0 spiro atoms. The Kier molecular flexibility index (Phi) is 6.76. The molecule has 0 amide bonds. The predicted octanol–water partition coefficient (Wildman–Crippen LogP) is 2.60. The van der Waals surface area contributed by atoms with Crippen molar-refractivity contribution in [2.75, 3.05) is 18.9 Å². The number of nitrogens with one attached hydrogen (secondary N) is 1. The molecule has 0 fully saturated rings. The van der Waals surface area contributed by atoms with Gasteiger partial charge in [0.15, 0.2) is 0 Å². The largest absolute Gasteiger partial charge is 0.399 e. The average Bonchev–Trinajstić information content (AvgIpc) is 2.31. The smallest absolute Gasteiger partial charge is 0.0518 e. The molecule has 0 radical (unpaired) electrons. The molecule has 3 N–H and O–H groups in total. The minimum absolute atomic E-state index is 0.331. The third-order valence-electron chi connectivity index (χ3n) is 2.79. The van der Waals surface area contributed by atoms with Crippen LogP contribution in [0.25, 0.3) is 0 Å². The molecule has 18 heavy (non-hydrogen) atoms. The average molecular weight is 250 g/mol. The van der Waals surface area contributed by atoms with Crippen LogP contribution in [0.4, 0.5) is 5.69 Å². The maximum absolute atomic E-state index is 5.67. The van der Waals surface area contributed by atoms with Crippen molar-refractivity contribution >= 4 is 5.69 Å². The summed E-state index contributed by atoms with van der Waals surface area (Å²) in [6.07, 6.45) is 2.42. The van der Waals surface area contributed by atoms with Gasteiger partial charge in [-0.3, -0.25) is 0 Å². The number of hydrogen-bond acceptors (Lipinski definition) is 3. The molecule has 3 heteroatoms. The second-order valence-electron chi connectivity index (χ2n) is 5.07. The lowest BCUT2D eigenvalue weighted by Gasteiger charge is -2.14. The summed E-state index contributed by atoms with van der Waals surface area (Å²) in [6.45, 7) is 8.18. The summed E-state index contributed by atoms with van der Waals surface area (Å²) >= 11 is 0. The lowest BCUT2D eigenvalue weighted by Crippen LogP contribution is -2.29. The van der Waals surface area contributed by atoms with Crippen LogP contribution in [0.3, 0.4) is 0 Å². The third kappa shape index (κ3) is 6.62. The molecule has 1 rings (SSSR count). The Morgan fingerprint density at radius 2 is 1.83 bits per heavy atom. The first-order chi connectivity index (χ1) is 8.58. The molecule has 1 unspecified atom stereocenters. The minimum atomic E-state index is 0.331. The third-order valence-corrected chi connectivity index (χ3v) is 2.79. The molecule has 1 aromatic rings. The molecule has 0 bridgehead atoms. The van der Waals surface area contributed by atoms with Crippen LogP contribution in [-0.2, 0) is 11.2 Å². The quantitative estimate of drug-likeness (QED) is 0.551. The molecular formula is C15H26N2O. The van der Waals surface area contributed by atoms with Gasteiger partial charge in [-0.25, -0.2) is 0 Å². The zero-order chi connectivity index (χ0) is 13.4. The van der Waals surface area contributed by atoms with E-state index < -0.39 is 0 Å². The molecule has 0 aliphatic heterocycles. The van der Waals surface area contributed by atoms with Crippen molar-refractivity contribution in [1.82, 2.24) is 5.32 Å². The highest BCUT2D eigenvalue weighted by atomic mass is 16.5. The monoisotopic (exact) mass is 250 g/mol. The fourth-order valence-electron chi connectivity index (χ4n) is 1.82. The molecular weight excluding hydrogens is 224 g/mol. The van der Waals surface area contributed by atoms with Crippen LogP contribution in [0.2, 0.25) is 0 Å². The van der Waals surface area contributed by atoms with E-state index in [2.05, 4.69) is 38.2 Å². The first kappa shape index (κ1) is 15.0. The summed E-state index contributed by atoms with van der Waals surface area (Å²) in [5.41, 5.74) is 7.81. The Morgan fingerprint density at radius 1 is 1.17 bits per heavy atom. The molecule has 0 aliphatic rings. The van der Waals surface area contributed by atoms with Gasteiger partial charge in [0.25, 0.3) is 0 Å². The molecule has 0 saturated carbocycles. The Hall–Kier alpha value is -1.06. The van der Waals surface area contributed by atoms with Gasteiger partial charge >= 0.3 is 0 Å². The zero-order valence-electron chi connectivity index (χ0n) is 11.8. The van der Waals surface area contributed by atoms with Crippen LogP contribution in [0, 0.1) is 0 Å². The standard InChI is InChI=1S/C15H26N2O/c1-12(2)18-10-4-9-17-13(3)11-14-5-7-15(16)8-6-14/h5-8,12-13,17H,4,9-11,16H2,1-3H3. The van der Waals surface area contributed by atoms with Crippen LogP contribution < -0.4 is 11.1 Å². The second-order valence-corrected chi connectivity index (χ2v) is 5.07. The second kappa shape index (κ2) is 8.11. The topological polar surface area (TPSA) is 47.3 Å². The molecule has 1 atom stereocenters. The van der Waals surface area contributed by atoms with Gasteiger partial charge < -0.3 is 15.8 Å². The molecule has 3 nitrogen and oxygen atoms in total. The number of anilines is 1. The van der Waals surface area contributed by atoms with Crippen molar-refractivity contribution in [3.63, 3.8) is 0 Å². The van der Waals surface area contributed by atoms with Gasteiger partial charge in [-0.1, -0.05) is 12.1 Å². The highest BCUT2D eigenvalue weighted by molar-refractivity contribution is 5.39. The van der Waals surface area contributed by atoms with Crippen LogP contribution in [0.5, 0.6) is 0 Å². The Balaban J connectivity index is 2.13. The number of hydrogen-bond donors (Lipinski definition) is 2. The zero-order valence-corrected chi connectivity index (χ0v) is 11.8. The first-order valence-corrected chi connectivity index (χ1v) is 6.77. The van der Waals surface area contributed by atoms with E-state index in [-0.39, 0.29) is 0 Å². The number of ether oxygens (including phenoxy) is 1. The molecule has 0 aromatic heterocycles. The Labute approximate surface area is 111 Å². The van der Waals surface area contributed by atoms with Crippen molar-refractivity contribution in [1.29, 1.82) is 0 Å². The van der Waals surface area contributed by atoms with Gasteiger partial charge in [-0.2, -0.15) is 0 Å². The lowest BCUT2D eigenvalue weighted by molar-refractivity contribution is 0.0768. The van der Waals surface area contributed by atoms with E-state index >= 15 is 0 Å². The van der Waals surface area contributed by atoms with Gasteiger partial charge in [0.2, 0.25) is 0 Å². The first-order valence-electron chi connectivity index (χ1n) is 6.77. The molecule has 102 valence electrons. The number of benzene rings is 1. The van der Waals surface area contributed by atoms with E-state index in [1.807, 2.05) is 12.1 Å².